The maximum Gasteiger partial charge on any atom is 0.238 e. The lowest BCUT2D eigenvalue weighted by Gasteiger charge is -2.35. The number of aryl methyl sites for hydroxylation is 3. The first-order valence-electron chi connectivity index (χ1n) is 8.33. The number of hydrogen-bond donors (Lipinski definition) is 2. The molecule has 2 N–H and O–H groups in total. The van der Waals surface area contributed by atoms with Gasteiger partial charge in [-0.1, -0.05) is 6.07 Å². The Bertz CT molecular complexity index is 730. The van der Waals surface area contributed by atoms with Crippen LogP contribution in [0.5, 0.6) is 0 Å². The van der Waals surface area contributed by atoms with Gasteiger partial charge in [-0.2, -0.15) is 0 Å². The minimum absolute atomic E-state index is 0. The minimum Gasteiger partial charge on any atom is -0.337 e. The molecule has 1 saturated heterocycles. The van der Waals surface area contributed by atoms with Crippen LogP contribution in [0.25, 0.3) is 0 Å². The van der Waals surface area contributed by atoms with E-state index < -0.39 is 0 Å². The van der Waals surface area contributed by atoms with Crippen LogP contribution in [0, 0.1) is 13.8 Å². The molecular formula is C18H26ClN5O. The van der Waals surface area contributed by atoms with E-state index in [9.17, 15) is 4.79 Å². The van der Waals surface area contributed by atoms with Crippen LogP contribution in [-0.4, -0.2) is 46.5 Å². The first-order chi connectivity index (χ1) is 11.5. The van der Waals surface area contributed by atoms with Crippen molar-refractivity contribution < 1.29 is 4.79 Å². The van der Waals surface area contributed by atoms with E-state index >= 15 is 0 Å². The molecule has 1 aliphatic rings. The molecule has 2 heterocycles. The van der Waals surface area contributed by atoms with Gasteiger partial charge in [0, 0.05) is 44.8 Å². The Morgan fingerprint density at radius 3 is 2.84 bits per heavy atom. The molecule has 2 aromatic rings. The van der Waals surface area contributed by atoms with Crippen LogP contribution >= 0.6 is 12.4 Å². The number of rotatable bonds is 4. The highest BCUT2D eigenvalue weighted by Crippen LogP contribution is 2.20. The second-order valence-electron chi connectivity index (χ2n) is 6.43. The Labute approximate surface area is 155 Å². The number of halogens is 1. The molecule has 0 aliphatic carbocycles. The van der Waals surface area contributed by atoms with Crippen molar-refractivity contribution >= 4 is 24.0 Å². The summed E-state index contributed by atoms with van der Waals surface area (Å²) in [5.41, 5.74) is 3.26. The van der Waals surface area contributed by atoms with Gasteiger partial charge in [0.15, 0.2) is 0 Å². The highest BCUT2D eigenvalue weighted by atomic mass is 35.5. The van der Waals surface area contributed by atoms with Gasteiger partial charge < -0.3 is 15.2 Å². The van der Waals surface area contributed by atoms with Crippen LogP contribution < -0.4 is 10.6 Å². The lowest BCUT2D eigenvalue weighted by atomic mass is 10.1. The number of anilines is 1. The summed E-state index contributed by atoms with van der Waals surface area (Å²) in [6.07, 6.45) is 3.74. The van der Waals surface area contributed by atoms with E-state index in [1.54, 1.807) is 6.20 Å². The van der Waals surface area contributed by atoms with Gasteiger partial charge in [0.05, 0.1) is 12.6 Å². The Balaban J connectivity index is 0.00000225. The molecule has 25 heavy (non-hydrogen) atoms. The zero-order chi connectivity index (χ0) is 17.1. The summed E-state index contributed by atoms with van der Waals surface area (Å²) in [7, 11) is 1.99. The first-order valence-corrected chi connectivity index (χ1v) is 8.33. The van der Waals surface area contributed by atoms with Crippen molar-refractivity contribution in [2.24, 2.45) is 7.05 Å². The van der Waals surface area contributed by atoms with E-state index in [0.29, 0.717) is 6.54 Å². The molecule has 136 valence electrons. The zero-order valence-corrected chi connectivity index (χ0v) is 15.8. The van der Waals surface area contributed by atoms with Gasteiger partial charge in [-0.25, -0.2) is 4.98 Å². The Morgan fingerprint density at radius 1 is 1.36 bits per heavy atom. The van der Waals surface area contributed by atoms with Crippen molar-refractivity contribution in [3.05, 3.63) is 47.5 Å². The number of carbonyl (C=O) groups excluding carboxylic acids is 1. The molecule has 1 aromatic heterocycles. The SMILES string of the molecule is Cc1ccc(NC(=O)CN2CCNCC2c2nccn2C)cc1C.Cl. The topological polar surface area (TPSA) is 62.2 Å². The molecule has 7 heteroatoms. The van der Waals surface area contributed by atoms with Gasteiger partial charge in [0.2, 0.25) is 5.91 Å². The van der Waals surface area contributed by atoms with E-state index in [1.807, 2.05) is 36.0 Å². The van der Waals surface area contributed by atoms with Crippen LogP contribution in [0.1, 0.15) is 23.0 Å². The van der Waals surface area contributed by atoms with E-state index in [4.69, 9.17) is 0 Å². The lowest BCUT2D eigenvalue weighted by Crippen LogP contribution is -2.49. The van der Waals surface area contributed by atoms with E-state index in [1.165, 1.54) is 11.1 Å². The number of carbonyl (C=O) groups is 1. The number of imidazole rings is 1. The predicted molar refractivity (Wildman–Crippen MR) is 102 cm³/mol. The molecule has 6 nitrogen and oxygen atoms in total. The van der Waals surface area contributed by atoms with Gasteiger partial charge in [0.25, 0.3) is 0 Å². The smallest absolute Gasteiger partial charge is 0.238 e. The second kappa shape index (κ2) is 8.47. The van der Waals surface area contributed by atoms with Crippen molar-refractivity contribution in [2.45, 2.75) is 19.9 Å². The third-order valence-corrected chi connectivity index (χ3v) is 4.65. The van der Waals surface area contributed by atoms with Crippen LogP contribution in [-0.2, 0) is 11.8 Å². The fraction of sp³-hybridized carbons (Fsp3) is 0.444. The summed E-state index contributed by atoms with van der Waals surface area (Å²) < 4.78 is 2.02. The summed E-state index contributed by atoms with van der Waals surface area (Å²) in [4.78, 5) is 19.1. The highest BCUT2D eigenvalue weighted by molar-refractivity contribution is 5.92. The van der Waals surface area contributed by atoms with E-state index in [-0.39, 0.29) is 24.4 Å². The molecular weight excluding hydrogens is 338 g/mol. The maximum absolute atomic E-state index is 12.5. The van der Waals surface area contributed by atoms with Crippen molar-refractivity contribution in [2.75, 3.05) is 31.5 Å². The maximum atomic E-state index is 12.5. The summed E-state index contributed by atoms with van der Waals surface area (Å²) in [6.45, 7) is 7.02. The molecule has 1 amide bonds. The highest BCUT2D eigenvalue weighted by Gasteiger charge is 2.28. The number of amides is 1. The molecule has 1 atom stereocenters. The Hall–Kier alpha value is -1.89. The van der Waals surface area contributed by atoms with Crippen LogP contribution in [0.2, 0.25) is 0 Å². The fourth-order valence-electron chi connectivity index (χ4n) is 3.09. The quantitative estimate of drug-likeness (QED) is 0.872. The van der Waals surface area contributed by atoms with Crippen LogP contribution in [0.4, 0.5) is 5.69 Å². The number of piperazine rings is 1. The molecule has 1 aromatic carbocycles. The Kier molecular flexibility index (Phi) is 6.58. The fourth-order valence-corrected chi connectivity index (χ4v) is 3.09. The molecule has 1 fully saturated rings. The van der Waals surface area contributed by atoms with Gasteiger partial charge in [0.1, 0.15) is 5.82 Å². The second-order valence-corrected chi connectivity index (χ2v) is 6.43. The van der Waals surface area contributed by atoms with Gasteiger partial charge >= 0.3 is 0 Å². The molecule has 0 saturated carbocycles. The molecule has 3 rings (SSSR count). The van der Waals surface area contributed by atoms with E-state index in [0.717, 1.165) is 31.1 Å². The van der Waals surface area contributed by atoms with Gasteiger partial charge in [-0.3, -0.25) is 9.69 Å². The van der Waals surface area contributed by atoms with Crippen LogP contribution in [0.15, 0.2) is 30.6 Å². The average molecular weight is 364 g/mol. The van der Waals surface area contributed by atoms with Gasteiger partial charge in [-0.05, 0) is 37.1 Å². The summed E-state index contributed by atoms with van der Waals surface area (Å²) in [5, 5.41) is 6.40. The van der Waals surface area contributed by atoms with Crippen molar-refractivity contribution in [3.8, 4) is 0 Å². The number of hydrogen-bond acceptors (Lipinski definition) is 4. The van der Waals surface area contributed by atoms with E-state index in [2.05, 4.69) is 34.4 Å². The van der Waals surface area contributed by atoms with Crippen molar-refractivity contribution in [1.29, 1.82) is 0 Å². The molecule has 1 unspecified atom stereocenters. The van der Waals surface area contributed by atoms with Crippen molar-refractivity contribution in [1.82, 2.24) is 19.8 Å². The third kappa shape index (κ3) is 4.60. The van der Waals surface area contributed by atoms with Crippen LogP contribution in [0.3, 0.4) is 0 Å². The number of nitrogens with one attached hydrogen (secondary N) is 2. The largest absolute Gasteiger partial charge is 0.337 e. The lowest BCUT2D eigenvalue weighted by molar-refractivity contribution is -0.118. The number of benzene rings is 1. The summed E-state index contributed by atoms with van der Waals surface area (Å²) in [5.74, 6) is 1.00. The summed E-state index contributed by atoms with van der Waals surface area (Å²) >= 11 is 0. The zero-order valence-electron chi connectivity index (χ0n) is 15.0. The first kappa shape index (κ1) is 19.4. The van der Waals surface area contributed by atoms with Gasteiger partial charge in [-0.15, -0.1) is 12.4 Å². The predicted octanol–water partition coefficient (Wildman–Crippen LogP) is 2.04. The molecule has 0 spiro atoms. The monoisotopic (exact) mass is 363 g/mol. The summed E-state index contributed by atoms with van der Waals surface area (Å²) in [6, 6.07) is 6.12. The minimum atomic E-state index is 0. The molecule has 0 bridgehead atoms. The number of aromatic nitrogens is 2. The Morgan fingerprint density at radius 2 is 2.16 bits per heavy atom. The third-order valence-electron chi connectivity index (χ3n) is 4.65. The number of nitrogens with zero attached hydrogens (tertiary/aromatic N) is 3. The normalized spacial score (nSPS) is 17.8. The molecule has 1 aliphatic heterocycles. The van der Waals surface area contributed by atoms with Crippen molar-refractivity contribution in [3.63, 3.8) is 0 Å². The average Bonchev–Trinajstić information content (AvgIpc) is 2.97. The standard InChI is InChI=1S/C18H25N5O.ClH/c1-13-4-5-15(10-14(13)2)21-17(24)12-23-9-6-19-11-16(23)18-20-7-8-22(18)3;/h4-5,7-8,10,16,19H,6,9,11-12H2,1-3H3,(H,21,24);1H. The molecule has 0 radical (unpaired) electrons.